The molecular formula is C11H19ClN2O3. The van der Waals surface area contributed by atoms with Gasteiger partial charge < -0.3 is 20.2 Å². The van der Waals surface area contributed by atoms with Gasteiger partial charge >= 0.3 is 0 Å². The number of furan rings is 1. The number of carbonyl (C=O) groups is 1. The minimum absolute atomic E-state index is 0. The molecule has 1 aromatic heterocycles. The van der Waals surface area contributed by atoms with Crippen LogP contribution in [-0.2, 0) is 11.3 Å². The first kappa shape index (κ1) is 16.0. The van der Waals surface area contributed by atoms with E-state index < -0.39 is 0 Å². The van der Waals surface area contributed by atoms with Crippen LogP contribution in [0.25, 0.3) is 0 Å². The highest BCUT2D eigenvalue weighted by Crippen LogP contribution is 2.06. The summed E-state index contributed by atoms with van der Waals surface area (Å²) in [4.78, 5) is 11.6. The lowest BCUT2D eigenvalue weighted by Crippen LogP contribution is -2.29. The molecule has 0 aromatic carbocycles. The number of hydrogen-bond acceptors (Lipinski definition) is 4. The average Bonchev–Trinajstić information content (AvgIpc) is 2.75. The van der Waals surface area contributed by atoms with Crippen molar-refractivity contribution in [3.05, 3.63) is 23.7 Å². The summed E-state index contributed by atoms with van der Waals surface area (Å²) < 4.78 is 10.1. The Hall–Kier alpha value is -1.04. The zero-order chi connectivity index (χ0) is 12.0. The Balaban J connectivity index is 0.00000256. The minimum Gasteiger partial charge on any atom is -0.467 e. The molecule has 6 heteroatoms. The molecule has 1 aromatic rings. The van der Waals surface area contributed by atoms with Crippen LogP contribution in [0.15, 0.2) is 16.7 Å². The third kappa shape index (κ3) is 5.21. The summed E-state index contributed by atoms with van der Waals surface area (Å²) in [5, 5.41) is 2.80. The smallest absolute Gasteiger partial charge is 0.254 e. The van der Waals surface area contributed by atoms with Gasteiger partial charge in [-0.05, 0) is 12.0 Å². The molecule has 0 saturated heterocycles. The number of carbonyl (C=O) groups excluding carboxylic acids is 1. The van der Waals surface area contributed by atoms with Gasteiger partial charge in [0.15, 0.2) is 0 Å². The van der Waals surface area contributed by atoms with Crippen molar-refractivity contribution in [1.29, 1.82) is 0 Å². The number of halogens is 1. The summed E-state index contributed by atoms with van der Waals surface area (Å²) in [5.74, 6) is 0.747. The Labute approximate surface area is 107 Å². The molecule has 0 fully saturated rings. The maximum atomic E-state index is 11.6. The second-order valence-corrected chi connectivity index (χ2v) is 3.78. The molecule has 0 saturated carbocycles. The Morgan fingerprint density at radius 3 is 2.88 bits per heavy atom. The average molecular weight is 263 g/mol. The first-order chi connectivity index (χ1) is 7.67. The van der Waals surface area contributed by atoms with Crippen molar-refractivity contribution >= 4 is 18.3 Å². The van der Waals surface area contributed by atoms with Crippen molar-refractivity contribution in [2.75, 3.05) is 20.3 Å². The van der Waals surface area contributed by atoms with Gasteiger partial charge in [0.25, 0.3) is 5.91 Å². The second kappa shape index (κ2) is 8.11. The molecule has 98 valence electrons. The predicted molar refractivity (Wildman–Crippen MR) is 67.2 cm³/mol. The topological polar surface area (TPSA) is 77.5 Å². The van der Waals surface area contributed by atoms with Gasteiger partial charge in [-0.1, -0.05) is 6.92 Å². The van der Waals surface area contributed by atoms with Gasteiger partial charge in [-0.25, -0.2) is 0 Å². The molecule has 0 bridgehead atoms. The van der Waals surface area contributed by atoms with E-state index >= 15 is 0 Å². The van der Waals surface area contributed by atoms with Crippen molar-refractivity contribution in [3.8, 4) is 0 Å². The third-order valence-corrected chi connectivity index (χ3v) is 2.18. The molecule has 17 heavy (non-hydrogen) atoms. The van der Waals surface area contributed by atoms with Crippen LogP contribution in [-0.4, -0.2) is 26.2 Å². The van der Waals surface area contributed by atoms with Gasteiger partial charge in [0.05, 0.1) is 18.7 Å². The minimum atomic E-state index is -0.147. The molecule has 3 N–H and O–H groups in total. The summed E-state index contributed by atoms with van der Waals surface area (Å²) >= 11 is 0. The van der Waals surface area contributed by atoms with Crippen LogP contribution >= 0.6 is 12.4 Å². The molecular weight excluding hydrogens is 244 g/mol. The number of ether oxygens (including phenoxy) is 1. The molecule has 1 heterocycles. The molecule has 0 aliphatic heterocycles. The summed E-state index contributed by atoms with van der Waals surface area (Å²) in [6.45, 7) is 3.51. The van der Waals surface area contributed by atoms with E-state index in [1.807, 2.05) is 6.92 Å². The summed E-state index contributed by atoms with van der Waals surface area (Å²) in [7, 11) is 1.64. The van der Waals surface area contributed by atoms with Crippen LogP contribution in [0.4, 0.5) is 0 Å². The highest BCUT2D eigenvalue weighted by atomic mass is 35.5. The summed E-state index contributed by atoms with van der Waals surface area (Å²) in [6, 6.07) is 1.65. The predicted octanol–water partition coefficient (Wildman–Crippen LogP) is 1.17. The van der Waals surface area contributed by atoms with Crippen LogP contribution in [0.5, 0.6) is 0 Å². The summed E-state index contributed by atoms with van der Waals surface area (Å²) in [5.41, 5.74) is 5.89. The largest absolute Gasteiger partial charge is 0.467 e. The molecule has 0 spiro atoms. The normalized spacial score (nSPS) is 11.7. The zero-order valence-corrected chi connectivity index (χ0v) is 10.9. The number of hydrogen-bond donors (Lipinski definition) is 2. The number of nitrogens with two attached hydrogens (primary N) is 1. The SMILES string of the molecule is COCC(C)CNC(=O)c1coc(CN)c1.Cl. The van der Waals surface area contributed by atoms with E-state index in [-0.39, 0.29) is 24.2 Å². The Morgan fingerprint density at radius 1 is 1.65 bits per heavy atom. The van der Waals surface area contributed by atoms with Gasteiger partial charge in [-0.3, -0.25) is 4.79 Å². The molecule has 0 radical (unpaired) electrons. The van der Waals surface area contributed by atoms with E-state index in [4.69, 9.17) is 14.9 Å². The van der Waals surface area contributed by atoms with E-state index in [0.29, 0.717) is 31.0 Å². The lowest BCUT2D eigenvalue weighted by molar-refractivity contribution is 0.0933. The van der Waals surface area contributed by atoms with Crippen molar-refractivity contribution in [2.45, 2.75) is 13.5 Å². The molecule has 1 atom stereocenters. The number of amides is 1. The molecule has 0 aliphatic rings. The highest BCUT2D eigenvalue weighted by Gasteiger charge is 2.10. The van der Waals surface area contributed by atoms with Crippen molar-refractivity contribution in [3.63, 3.8) is 0 Å². The van der Waals surface area contributed by atoms with E-state index in [1.54, 1.807) is 13.2 Å². The summed E-state index contributed by atoms with van der Waals surface area (Å²) in [6.07, 6.45) is 1.42. The van der Waals surface area contributed by atoms with Gasteiger partial charge in [-0.15, -0.1) is 12.4 Å². The second-order valence-electron chi connectivity index (χ2n) is 3.78. The van der Waals surface area contributed by atoms with E-state index in [1.165, 1.54) is 6.26 Å². The molecule has 1 rings (SSSR count). The van der Waals surface area contributed by atoms with Crippen LogP contribution in [0.1, 0.15) is 23.0 Å². The van der Waals surface area contributed by atoms with Crippen LogP contribution < -0.4 is 11.1 Å². The van der Waals surface area contributed by atoms with Gasteiger partial charge in [0.2, 0.25) is 0 Å². The Morgan fingerprint density at radius 2 is 2.35 bits per heavy atom. The van der Waals surface area contributed by atoms with Gasteiger partial charge in [-0.2, -0.15) is 0 Å². The first-order valence-electron chi connectivity index (χ1n) is 5.22. The third-order valence-electron chi connectivity index (χ3n) is 2.18. The number of nitrogens with one attached hydrogen (secondary N) is 1. The fourth-order valence-corrected chi connectivity index (χ4v) is 1.32. The Bertz CT molecular complexity index is 341. The lowest BCUT2D eigenvalue weighted by Gasteiger charge is -2.10. The van der Waals surface area contributed by atoms with Crippen LogP contribution in [0.2, 0.25) is 0 Å². The van der Waals surface area contributed by atoms with Gasteiger partial charge in [0, 0.05) is 13.7 Å². The first-order valence-corrected chi connectivity index (χ1v) is 5.22. The monoisotopic (exact) mass is 262 g/mol. The van der Waals surface area contributed by atoms with Crippen molar-refractivity contribution < 1.29 is 13.9 Å². The molecule has 1 amide bonds. The van der Waals surface area contributed by atoms with E-state index in [0.717, 1.165) is 0 Å². The lowest BCUT2D eigenvalue weighted by atomic mass is 10.2. The maximum absolute atomic E-state index is 11.6. The fraction of sp³-hybridized carbons (Fsp3) is 0.545. The standard InChI is InChI=1S/C11H18N2O3.ClH/c1-8(6-15-2)5-13-11(14)9-3-10(4-12)16-7-9;/h3,7-8H,4-6,12H2,1-2H3,(H,13,14);1H. The highest BCUT2D eigenvalue weighted by molar-refractivity contribution is 5.93. The molecule has 0 aliphatic carbocycles. The van der Waals surface area contributed by atoms with E-state index in [9.17, 15) is 4.79 Å². The maximum Gasteiger partial charge on any atom is 0.254 e. The van der Waals surface area contributed by atoms with E-state index in [2.05, 4.69) is 5.32 Å². The molecule has 1 unspecified atom stereocenters. The Kier molecular flexibility index (Phi) is 7.61. The van der Waals surface area contributed by atoms with Crippen LogP contribution in [0.3, 0.4) is 0 Å². The molecule has 5 nitrogen and oxygen atoms in total. The zero-order valence-electron chi connectivity index (χ0n) is 10.1. The van der Waals surface area contributed by atoms with Gasteiger partial charge in [0.1, 0.15) is 12.0 Å². The van der Waals surface area contributed by atoms with Crippen LogP contribution in [0, 0.1) is 5.92 Å². The fourth-order valence-electron chi connectivity index (χ4n) is 1.32. The quantitative estimate of drug-likeness (QED) is 0.807. The number of rotatable bonds is 6. The van der Waals surface area contributed by atoms with Crippen molar-refractivity contribution in [1.82, 2.24) is 5.32 Å². The van der Waals surface area contributed by atoms with Crippen molar-refractivity contribution in [2.24, 2.45) is 11.7 Å². The number of methoxy groups -OCH3 is 1.